The number of ether oxygens (including phenoxy) is 2. The zero-order valence-corrected chi connectivity index (χ0v) is 22.6. The van der Waals surface area contributed by atoms with Gasteiger partial charge in [-0.25, -0.2) is 9.59 Å². The molecule has 0 saturated heterocycles. The first-order valence-corrected chi connectivity index (χ1v) is 14.0. The van der Waals surface area contributed by atoms with Crippen LogP contribution in [0, 0.1) is 11.8 Å². The molecule has 5 nitrogen and oxygen atoms in total. The summed E-state index contributed by atoms with van der Waals surface area (Å²) in [7, 11) is 0. The lowest BCUT2D eigenvalue weighted by Crippen LogP contribution is -2.46. The molecule has 0 fully saturated rings. The van der Waals surface area contributed by atoms with Gasteiger partial charge in [0.25, 0.3) is 0 Å². The molecule has 0 saturated carbocycles. The largest absolute Gasteiger partial charge is 0.464 e. The number of carbonyl (C=O) groups excluding carboxylic acids is 2. The van der Waals surface area contributed by atoms with Crippen LogP contribution in [0.15, 0.2) is 0 Å². The summed E-state index contributed by atoms with van der Waals surface area (Å²) in [5.41, 5.74) is 0. The topological polar surface area (TPSA) is 64.6 Å². The minimum Gasteiger partial charge on any atom is -0.464 e. The maximum Gasteiger partial charge on any atom is 0.407 e. The fourth-order valence-corrected chi connectivity index (χ4v) is 3.82. The Bertz CT molecular complexity index is 467. The van der Waals surface area contributed by atoms with Gasteiger partial charge in [-0.1, -0.05) is 131 Å². The number of hydrogen-bond acceptors (Lipinski definition) is 4. The molecular formula is C28H55NO4. The Morgan fingerprint density at radius 3 is 1.55 bits per heavy atom. The van der Waals surface area contributed by atoms with Gasteiger partial charge in [-0.3, -0.25) is 0 Å². The van der Waals surface area contributed by atoms with Crippen LogP contribution in [0.4, 0.5) is 4.79 Å². The standard InChI is InChI=1S/C28H55NO4/c1-6-8-9-10-11-12-13-14-15-16-17-18-19-20-21-22-32-27(30)26(25(5)7-2)29-28(31)33-23-24(3)4/h24-26H,6-23H2,1-5H3,(H,29,31)/t25?,26-/m0/s1. The molecule has 0 aromatic heterocycles. The third-order valence-electron chi connectivity index (χ3n) is 6.28. The van der Waals surface area contributed by atoms with Crippen molar-refractivity contribution in [1.82, 2.24) is 5.32 Å². The second-order valence-corrected chi connectivity index (χ2v) is 10.1. The summed E-state index contributed by atoms with van der Waals surface area (Å²) in [6.07, 6.45) is 19.9. The first kappa shape index (κ1) is 31.7. The van der Waals surface area contributed by atoms with E-state index in [4.69, 9.17) is 9.47 Å². The summed E-state index contributed by atoms with van der Waals surface area (Å²) in [4.78, 5) is 24.4. The summed E-state index contributed by atoms with van der Waals surface area (Å²) in [6.45, 7) is 10.9. The molecule has 1 unspecified atom stereocenters. The van der Waals surface area contributed by atoms with Crippen molar-refractivity contribution in [3.05, 3.63) is 0 Å². The summed E-state index contributed by atoms with van der Waals surface area (Å²) in [5.74, 6) is -0.0868. The van der Waals surface area contributed by atoms with Crippen molar-refractivity contribution < 1.29 is 19.1 Å². The van der Waals surface area contributed by atoms with E-state index in [0.717, 1.165) is 19.3 Å². The zero-order valence-electron chi connectivity index (χ0n) is 22.6. The highest BCUT2D eigenvalue weighted by Gasteiger charge is 2.28. The molecule has 0 spiro atoms. The van der Waals surface area contributed by atoms with Crippen molar-refractivity contribution in [2.24, 2.45) is 11.8 Å². The average Bonchev–Trinajstić information content (AvgIpc) is 2.80. The SMILES string of the molecule is CCCCCCCCCCCCCCCCCOC(=O)[C@@H](NC(=O)OCC(C)C)C(C)CC. The van der Waals surface area contributed by atoms with Crippen LogP contribution in [-0.2, 0) is 14.3 Å². The number of amides is 1. The second-order valence-electron chi connectivity index (χ2n) is 10.1. The molecule has 0 radical (unpaired) electrons. The van der Waals surface area contributed by atoms with Gasteiger partial charge in [0, 0.05) is 0 Å². The molecule has 0 bridgehead atoms. The lowest BCUT2D eigenvalue weighted by atomic mass is 9.99. The maximum absolute atomic E-state index is 12.5. The van der Waals surface area contributed by atoms with Crippen LogP contribution in [0.25, 0.3) is 0 Å². The third kappa shape index (κ3) is 19.9. The van der Waals surface area contributed by atoms with Crippen LogP contribution < -0.4 is 5.32 Å². The van der Waals surface area contributed by atoms with Gasteiger partial charge in [0.2, 0.25) is 0 Å². The highest BCUT2D eigenvalue weighted by molar-refractivity contribution is 5.81. The van der Waals surface area contributed by atoms with Gasteiger partial charge in [0.1, 0.15) is 6.04 Å². The normalized spacial score (nSPS) is 13.0. The Hall–Kier alpha value is -1.26. The summed E-state index contributed by atoms with van der Waals surface area (Å²) in [5, 5.41) is 2.69. The fourth-order valence-electron chi connectivity index (χ4n) is 3.82. The van der Waals surface area contributed by atoms with Crippen molar-refractivity contribution in [2.75, 3.05) is 13.2 Å². The molecule has 0 heterocycles. The minimum atomic E-state index is -0.647. The molecule has 5 heteroatoms. The molecular weight excluding hydrogens is 414 g/mol. The van der Waals surface area contributed by atoms with E-state index in [-0.39, 0.29) is 17.8 Å². The highest BCUT2D eigenvalue weighted by atomic mass is 16.6. The van der Waals surface area contributed by atoms with Crippen molar-refractivity contribution in [2.45, 2.75) is 143 Å². The number of alkyl carbamates (subject to hydrolysis) is 1. The van der Waals surface area contributed by atoms with Gasteiger partial charge in [-0.05, 0) is 18.3 Å². The predicted molar refractivity (Wildman–Crippen MR) is 138 cm³/mol. The molecule has 0 rings (SSSR count). The van der Waals surface area contributed by atoms with E-state index in [1.165, 1.54) is 83.5 Å². The maximum atomic E-state index is 12.5. The second kappa shape index (κ2) is 22.5. The molecule has 0 aliphatic rings. The van der Waals surface area contributed by atoms with Gasteiger partial charge in [-0.2, -0.15) is 0 Å². The van der Waals surface area contributed by atoms with Crippen molar-refractivity contribution in [3.8, 4) is 0 Å². The molecule has 196 valence electrons. The van der Waals surface area contributed by atoms with Crippen molar-refractivity contribution >= 4 is 12.1 Å². The lowest BCUT2D eigenvalue weighted by Gasteiger charge is -2.22. The summed E-state index contributed by atoms with van der Waals surface area (Å²) in [6, 6.07) is -0.647. The Morgan fingerprint density at radius 1 is 0.667 bits per heavy atom. The van der Waals surface area contributed by atoms with E-state index in [1.54, 1.807) is 0 Å². The number of carbonyl (C=O) groups is 2. The lowest BCUT2D eigenvalue weighted by molar-refractivity contribution is -0.147. The monoisotopic (exact) mass is 469 g/mol. The molecule has 1 amide bonds. The summed E-state index contributed by atoms with van der Waals surface area (Å²) >= 11 is 0. The van der Waals surface area contributed by atoms with Gasteiger partial charge in [-0.15, -0.1) is 0 Å². The van der Waals surface area contributed by atoms with Crippen LogP contribution in [0.2, 0.25) is 0 Å². The van der Waals surface area contributed by atoms with Gasteiger partial charge in [0.15, 0.2) is 0 Å². The molecule has 33 heavy (non-hydrogen) atoms. The molecule has 0 aliphatic carbocycles. The number of hydrogen-bond donors (Lipinski definition) is 1. The fraction of sp³-hybridized carbons (Fsp3) is 0.929. The molecule has 0 aromatic carbocycles. The van der Waals surface area contributed by atoms with E-state index >= 15 is 0 Å². The Kier molecular flexibility index (Phi) is 21.7. The molecule has 2 atom stereocenters. The number of rotatable bonds is 22. The molecule has 1 N–H and O–H groups in total. The van der Waals surface area contributed by atoms with E-state index in [0.29, 0.717) is 13.2 Å². The van der Waals surface area contributed by atoms with Crippen LogP contribution in [-0.4, -0.2) is 31.3 Å². The average molecular weight is 470 g/mol. The van der Waals surface area contributed by atoms with Crippen molar-refractivity contribution in [1.29, 1.82) is 0 Å². The smallest absolute Gasteiger partial charge is 0.407 e. The first-order valence-electron chi connectivity index (χ1n) is 14.0. The van der Waals surface area contributed by atoms with E-state index in [9.17, 15) is 9.59 Å². The van der Waals surface area contributed by atoms with Gasteiger partial charge < -0.3 is 14.8 Å². The van der Waals surface area contributed by atoms with Gasteiger partial charge >= 0.3 is 12.1 Å². The van der Waals surface area contributed by atoms with E-state index in [2.05, 4.69) is 12.2 Å². The van der Waals surface area contributed by atoms with Gasteiger partial charge in [0.05, 0.1) is 13.2 Å². The minimum absolute atomic E-state index is 0.00478. The van der Waals surface area contributed by atoms with Crippen LogP contribution in [0.3, 0.4) is 0 Å². The number of nitrogens with one attached hydrogen (secondary N) is 1. The molecule has 0 aromatic rings. The Morgan fingerprint density at radius 2 is 1.12 bits per heavy atom. The van der Waals surface area contributed by atoms with Crippen molar-refractivity contribution in [3.63, 3.8) is 0 Å². The zero-order chi connectivity index (χ0) is 24.7. The van der Waals surface area contributed by atoms with E-state index in [1.807, 2.05) is 27.7 Å². The Labute approximate surface area is 205 Å². The quantitative estimate of drug-likeness (QED) is 0.128. The summed E-state index contributed by atoms with van der Waals surface area (Å²) < 4.78 is 10.6. The van der Waals surface area contributed by atoms with Crippen LogP contribution >= 0.6 is 0 Å². The van der Waals surface area contributed by atoms with Crippen LogP contribution in [0.1, 0.15) is 137 Å². The van der Waals surface area contributed by atoms with Crippen LogP contribution in [0.5, 0.6) is 0 Å². The predicted octanol–water partition coefficient (Wildman–Crippen LogP) is 8.20. The number of esters is 1. The molecule has 0 aliphatic heterocycles. The highest BCUT2D eigenvalue weighted by Crippen LogP contribution is 2.14. The number of unbranched alkanes of at least 4 members (excludes halogenated alkanes) is 14. The van der Waals surface area contributed by atoms with E-state index < -0.39 is 12.1 Å². The first-order chi connectivity index (χ1) is 15.9. The third-order valence-corrected chi connectivity index (χ3v) is 6.28. The Balaban J connectivity index is 3.72.